The summed E-state index contributed by atoms with van der Waals surface area (Å²) in [6, 6.07) is 0. The van der Waals surface area contributed by atoms with Crippen LogP contribution in [-0.4, -0.2) is 12.1 Å². The summed E-state index contributed by atoms with van der Waals surface area (Å²) in [5.41, 5.74) is 2.09. The van der Waals surface area contributed by atoms with Gasteiger partial charge in [-0.25, -0.2) is 0 Å². The van der Waals surface area contributed by atoms with Crippen molar-refractivity contribution < 1.29 is 9.59 Å². The molecule has 0 aromatic heterocycles. The van der Waals surface area contributed by atoms with E-state index >= 15 is 0 Å². The van der Waals surface area contributed by atoms with Crippen molar-refractivity contribution in [2.75, 3.05) is 0 Å². The van der Waals surface area contributed by atoms with E-state index < -0.39 is 0 Å². The average molecular weight is 359 g/mol. The molecule has 3 saturated carbocycles. The Morgan fingerprint density at radius 1 is 1.04 bits per heavy atom. The Balaban J connectivity index is 0.000000948. The molecule has 0 aromatic carbocycles. The molecule has 0 radical (unpaired) electrons. The maximum atomic E-state index is 11.9. The molecular weight excluding hydrogens is 320 g/mol. The lowest BCUT2D eigenvalue weighted by Gasteiger charge is -2.58. The van der Waals surface area contributed by atoms with E-state index in [-0.39, 0.29) is 11.3 Å². The van der Waals surface area contributed by atoms with Crippen molar-refractivity contribution in [3.05, 3.63) is 11.6 Å². The van der Waals surface area contributed by atoms with Gasteiger partial charge in [0.05, 0.1) is 0 Å². The minimum atomic E-state index is 0.207. The zero-order valence-corrected chi connectivity index (χ0v) is 17.5. The Morgan fingerprint density at radius 2 is 1.77 bits per heavy atom. The summed E-state index contributed by atoms with van der Waals surface area (Å²) in [4.78, 5) is 23.3. The maximum Gasteiger partial charge on any atom is 0.155 e. The predicted octanol–water partition coefficient (Wildman–Crippen LogP) is 6.00. The summed E-state index contributed by atoms with van der Waals surface area (Å²) < 4.78 is 0. The molecule has 146 valence electrons. The number of ketones is 1. The highest BCUT2D eigenvalue weighted by Crippen LogP contribution is 2.67. The molecule has 5 unspecified atom stereocenters. The Morgan fingerprint density at radius 3 is 2.46 bits per heavy atom. The number of carbonyl (C=O) groups is 2. The molecule has 2 heteroatoms. The molecular formula is C24H38O2. The lowest BCUT2D eigenvalue weighted by Crippen LogP contribution is -2.51. The third-order valence-electron chi connectivity index (χ3n) is 8.88. The first kappa shape index (κ1) is 19.8. The van der Waals surface area contributed by atoms with E-state index in [1.54, 1.807) is 0 Å². The first-order chi connectivity index (χ1) is 12.4. The van der Waals surface area contributed by atoms with Gasteiger partial charge < -0.3 is 4.79 Å². The monoisotopic (exact) mass is 358 g/mol. The third kappa shape index (κ3) is 2.83. The quantitative estimate of drug-likeness (QED) is 0.568. The highest BCUT2D eigenvalue weighted by molar-refractivity contribution is 5.91. The zero-order chi connectivity index (χ0) is 19.1. The summed E-state index contributed by atoms with van der Waals surface area (Å²) >= 11 is 0. The molecule has 0 spiro atoms. The number of allylic oxidation sites excluding steroid dienone is 1. The minimum absolute atomic E-state index is 0.207. The molecule has 4 aliphatic rings. The largest absolute Gasteiger partial charge is 0.303 e. The lowest BCUT2D eigenvalue weighted by atomic mass is 9.46. The Kier molecular flexibility index (Phi) is 5.53. The van der Waals surface area contributed by atoms with Crippen molar-refractivity contribution >= 4 is 12.1 Å². The van der Waals surface area contributed by atoms with Crippen LogP contribution in [0.2, 0.25) is 0 Å². The van der Waals surface area contributed by atoms with Crippen LogP contribution in [0.15, 0.2) is 11.6 Å². The van der Waals surface area contributed by atoms with Gasteiger partial charge in [0.2, 0.25) is 0 Å². The van der Waals surface area contributed by atoms with Crippen LogP contribution in [0.5, 0.6) is 0 Å². The molecule has 0 amide bonds. The molecule has 0 bridgehead atoms. The molecule has 2 nitrogen and oxygen atoms in total. The molecule has 26 heavy (non-hydrogen) atoms. The number of aldehydes is 1. The van der Waals surface area contributed by atoms with Gasteiger partial charge in [0, 0.05) is 12.3 Å². The number of hydrogen-bond acceptors (Lipinski definition) is 2. The molecule has 3 fully saturated rings. The summed E-state index contributed by atoms with van der Waals surface area (Å²) in [6.07, 6.45) is 12.5. The van der Waals surface area contributed by atoms with Gasteiger partial charge in [-0.1, -0.05) is 40.2 Å². The van der Waals surface area contributed by atoms with Crippen molar-refractivity contribution in [2.45, 2.75) is 86.0 Å². The van der Waals surface area contributed by atoms with E-state index in [9.17, 15) is 9.59 Å². The van der Waals surface area contributed by atoms with Gasteiger partial charge in [0.25, 0.3) is 0 Å². The van der Waals surface area contributed by atoms with Crippen LogP contribution in [0, 0.1) is 40.4 Å². The highest BCUT2D eigenvalue weighted by Gasteiger charge is 2.59. The predicted molar refractivity (Wildman–Crippen MR) is 107 cm³/mol. The number of fused-ring (bicyclic) bond motifs is 5. The summed E-state index contributed by atoms with van der Waals surface area (Å²) in [5.74, 6) is 3.50. The molecule has 0 N–H and O–H groups in total. The topological polar surface area (TPSA) is 34.1 Å². The lowest BCUT2D eigenvalue weighted by molar-refractivity contribution is -0.118. The average Bonchev–Trinajstić information content (AvgIpc) is 3.00. The fourth-order valence-electron chi connectivity index (χ4n) is 7.56. The van der Waals surface area contributed by atoms with Gasteiger partial charge in [-0.3, -0.25) is 4.79 Å². The Bertz CT molecular complexity index is 591. The molecule has 7 atom stereocenters. The van der Waals surface area contributed by atoms with Crippen LogP contribution in [0.1, 0.15) is 86.0 Å². The molecule has 0 aromatic rings. The first-order valence-corrected chi connectivity index (χ1v) is 11.1. The zero-order valence-electron chi connectivity index (χ0n) is 17.5. The van der Waals surface area contributed by atoms with Gasteiger partial charge in [0.1, 0.15) is 6.29 Å². The van der Waals surface area contributed by atoms with E-state index in [1.807, 2.05) is 19.9 Å². The van der Waals surface area contributed by atoms with E-state index in [4.69, 9.17) is 0 Å². The Labute approximate surface area is 160 Å². The second kappa shape index (κ2) is 7.24. The van der Waals surface area contributed by atoms with Crippen LogP contribution >= 0.6 is 0 Å². The number of carbonyl (C=O) groups excluding carboxylic acids is 2. The van der Waals surface area contributed by atoms with Crippen LogP contribution in [0.25, 0.3) is 0 Å². The van der Waals surface area contributed by atoms with Crippen LogP contribution in [-0.2, 0) is 9.59 Å². The van der Waals surface area contributed by atoms with Gasteiger partial charge >= 0.3 is 0 Å². The Hall–Kier alpha value is -0.920. The van der Waals surface area contributed by atoms with E-state index in [0.717, 1.165) is 37.0 Å². The van der Waals surface area contributed by atoms with Gasteiger partial charge in [0.15, 0.2) is 5.78 Å². The standard InChI is InChI=1S/C22H32O2.C2H6/c1-14(13-23)18-6-7-19-17-5-4-15-12-16(24)8-10-21(15,2)20(17)9-11-22(18,19)3;1-2/h12-14,17-20H,4-11H2,1-3H3;1-2H3/t14-,17?,18?,19?,20?,21+,22?;/m1./s1. The smallest absolute Gasteiger partial charge is 0.155 e. The molecule has 0 heterocycles. The molecule has 4 rings (SSSR count). The van der Waals surface area contributed by atoms with E-state index in [1.165, 1.54) is 44.0 Å². The van der Waals surface area contributed by atoms with E-state index in [0.29, 0.717) is 17.1 Å². The van der Waals surface area contributed by atoms with Crippen LogP contribution in [0.3, 0.4) is 0 Å². The summed E-state index contributed by atoms with van der Waals surface area (Å²) in [7, 11) is 0. The van der Waals surface area contributed by atoms with Crippen molar-refractivity contribution in [2.24, 2.45) is 40.4 Å². The van der Waals surface area contributed by atoms with Crippen molar-refractivity contribution in [1.82, 2.24) is 0 Å². The third-order valence-corrected chi connectivity index (χ3v) is 8.88. The fourth-order valence-corrected chi connectivity index (χ4v) is 7.56. The summed E-state index contributed by atoms with van der Waals surface area (Å²) in [6.45, 7) is 11.1. The summed E-state index contributed by atoms with van der Waals surface area (Å²) in [5, 5.41) is 0. The number of hydrogen-bond donors (Lipinski definition) is 0. The minimum Gasteiger partial charge on any atom is -0.303 e. The molecule has 4 aliphatic carbocycles. The van der Waals surface area contributed by atoms with Crippen molar-refractivity contribution in [1.29, 1.82) is 0 Å². The van der Waals surface area contributed by atoms with Crippen molar-refractivity contribution in [3.8, 4) is 0 Å². The van der Waals surface area contributed by atoms with Gasteiger partial charge in [-0.2, -0.15) is 0 Å². The highest BCUT2D eigenvalue weighted by atomic mass is 16.1. The van der Waals surface area contributed by atoms with Gasteiger partial charge in [-0.05, 0) is 85.5 Å². The van der Waals surface area contributed by atoms with Crippen LogP contribution < -0.4 is 0 Å². The molecule has 0 saturated heterocycles. The van der Waals surface area contributed by atoms with E-state index in [2.05, 4.69) is 20.8 Å². The maximum absolute atomic E-state index is 11.9. The molecule has 0 aliphatic heterocycles. The first-order valence-electron chi connectivity index (χ1n) is 11.1. The normalized spacial score (nSPS) is 45.3. The van der Waals surface area contributed by atoms with Crippen molar-refractivity contribution in [3.63, 3.8) is 0 Å². The number of rotatable bonds is 2. The van der Waals surface area contributed by atoms with Crippen LogP contribution in [0.4, 0.5) is 0 Å². The SMILES string of the molecule is CC.C[C@H](C=O)C1CCC2C3CCC4=CC(=O)CC[C@]4(C)C3CCC21C. The fraction of sp³-hybridized carbons (Fsp3) is 0.833. The van der Waals surface area contributed by atoms with Gasteiger partial charge in [-0.15, -0.1) is 0 Å². The second-order valence-corrected chi connectivity index (χ2v) is 9.69. The second-order valence-electron chi connectivity index (χ2n) is 9.69.